The summed E-state index contributed by atoms with van der Waals surface area (Å²) in [6.07, 6.45) is 5.94. The molecule has 25 heavy (non-hydrogen) atoms. The molecule has 0 spiro atoms. The van der Waals surface area contributed by atoms with E-state index in [9.17, 15) is 4.79 Å². The fourth-order valence-electron chi connectivity index (χ4n) is 3.41. The fraction of sp³-hybridized carbons (Fsp3) is 0.500. The molecule has 2 fully saturated rings. The average molecular weight is 357 g/mol. The Morgan fingerprint density at radius 1 is 1.48 bits per heavy atom. The lowest BCUT2D eigenvalue weighted by Crippen LogP contribution is -2.45. The van der Waals surface area contributed by atoms with Crippen molar-refractivity contribution >= 4 is 22.4 Å². The van der Waals surface area contributed by atoms with Crippen molar-refractivity contribution in [3.05, 3.63) is 41.2 Å². The van der Waals surface area contributed by atoms with Gasteiger partial charge in [0.25, 0.3) is 0 Å². The Hall–Kier alpha value is -1.83. The van der Waals surface area contributed by atoms with E-state index < -0.39 is 0 Å². The number of carbonyl (C=O) groups excluding carboxylic acids is 1. The average Bonchev–Trinajstić information content (AvgIpc) is 3.35. The fourth-order valence-corrected chi connectivity index (χ4v) is 4.34. The molecule has 1 saturated carbocycles. The number of piperazine rings is 1. The lowest BCUT2D eigenvalue weighted by Gasteiger charge is -2.35. The van der Waals surface area contributed by atoms with Crippen molar-refractivity contribution in [2.24, 2.45) is 0 Å². The number of aromatic nitrogens is 2. The van der Waals surface area contributed by atoms with Crippen LogP contribution in [0.1, 0.15) is 37.1 Å². The summed E-state index contributed by atoms with van der Waals surface area (Å²) in [4.78, 5) is 25.3. The van der Waals surface area contributed by atoms with Crippen LogP contribution in [0.25, 0.3) is 0 Å². The Bertz CT molecular complexity index is 730. The maximum absolute atomic E-state index is 11.9. The first-order valence-electron chi connectivity index (χ1n) is 8.81. The molecule has 1 atom stereocenters. The van der Waals surface area contributed by atoms with Crippen LogP contribution in [0, 0.1) is 0 Å². The Balaban J connectivity index is 1.50. The van der Waals surface area contributed by atoms with Gasteiger partial charge in [0.2, 0.25) is 5.91 Å². The molecule has 3 heterocycles. The minimum atomic E-state index is 0.0961. The summed E-state index contributed by atoms with van der Waals surface area (Å²) in [6, 6.07) is 4.79. The highest BCUT2D eigenvalue weighted by molar-refractivity contribution is 7.14. The molecule has 0 aromatic carbocycles. The van der Waals surface area contributed by atoms with E-state index in [0.29, 0.717) is 12.1 Å². The molecule has 1 N–H and O–H groups in total. The highest BCUT2D eigenvalue weighted by Crippen LogP contribution is 2.34. The van der Waals surface area contributed by atoms with E-state index in [0.717, 1.165) is 49.8 Å². The van der Waals surface area contributed by atoms with Gasteiger partial charge >= 0.3 is 0 Å². The smallest absolute Gasteiger partial charge is 0.225 e. The number of anilines is 1. The van der Waals surface area contributed by atoms with Crippen LogP contribution in [0.4, 0.5) is 5.13 Å². The molecule has 1 amide bonds. The molecule has 7 heteroatoms. The summed E-state index contributed by atoms with van der Waals surface area (Å²) in [7, 11) is 0. The van der Waals surface area contributed by atoms with Crippen LogP contribution in [0.3, 0.4) is 0 Å². The maximum atomic E-state index is 11.9. The molecule has 2 aromatic heterocycles. The maximum Gasteiger partial charge on any atom is 0.225 e. The lowest BCUT2D eigenvalue weighted by atomic mass is 10.1. The first-order chi connectivity index (χ1) is 12.2. The number of hydrogen-bond donors (Lipinski definition) is 1. The molecule has 2 aliphatic rings. The van der Waals surface area contributed by atoms with Crippen molar-refractivity contribution in [1.29, 1.82) is 0 Å². The molecule has 1 aliphatic heterocycles. The highest BCUT2D eigenvalue weighted by Gasteiger charge is 2.34. The standard InChI is InChI=1S/C18H23N5OS/c1-13(24)23(16-4-5-16)18-21-15(12-25-18)11-22-8-7-20-10-17(22)14-3-2-6-19-9-14/h2-3,6,9,12,16-17,20H,4-5,7-8,10-11H2,1H3. The number of pyridine rings is 1. The number of nitrogens with one attached hydrogen (secondary N) is 1. The van der Waals surface area contributed by atoms with Gasteiger partial charge in [-0.05, 0) is 24.5 Å². The third-order valence-corrected chi connectivity index (χ3v) is 5.67. The number of thiazole rings is 1. The van der Waals surface area contributed by atoms with E-state index in [1.165, 1.54) is 5.56 Å². The molecule has 0 bridgehead atoms. The van der Waals surface area contributed by atoms with Crippen LogP contribution in [0.2, 0.25) is 0 Å². The molecule has 1 unspecified atom stereocenters. The minimum Gasteiger partial charge on any atom is -0.314 e. The van der Waals surface area contributed by atoms with Crippen LogP contribution in [-0.4, -0.2) is 46.5 Å². The number of amides is 1. The SMILES string of the molecule is CC(=O)N(c1nc(CN2CCNCC2c2cccnc2)cs1)C1CC1. The third-order valence-electron chi connectivity index (χ3n) is 4.79. The number of rotatable bonds is 5. The van der Waals surface area contributed by atoms with E-state index in [4.69, 9.17) is 4.98 Å². The van der Waals surface area contributed by atoms with Crippen LogP contribution >= 0.6 is 11.3 Å². The van der Waals surface area contributed by atoms with E-state index >= 15 is 0 Å². The van der Waals surface area contributed by atoms with Gasteiger partial charge in [0.05, 0.1) is 5.69 Å². The summed E-state index contributed by atoms with van der Waals surface area (Å²) in [5, 5.41) is 6.41. The molecule has 1 saturated heterocycles. The lowest BCUT2D eigenvalue weighted by molar-refractivity contribution is -0.116. The molecule has 132 valence electrons. The molecule has 0 radical (unpaired) electrons. The van der Waals surface area contributed by atoms with Gasteiger partial charge < -0.3 is 5.32 Å². The van der Waals surface area contributed by atoms with E-state index in [1.54, 1.807) is 18.3 Å². The van der Waals surface area contributed by atoms with Crippen LogP contribution in [-0.2, 0) is 11.3 Å². The Morgan fingerprint density at radius 3 is 3.08 bits per heavy atom. The zero-order chi connectivity index (χ0) is 17.2. The summed E-state index contributed by atoms with van der Waals surface area (Å²) < 4.78 is 0. The zero-order valence-corrected chi connectivity index (χ0v) is 15.2. The highest BCUT2D eigenvalue weighted by atomic mass is 32.1. The van der Waals surface area contributed by atoms with Gasteiger partial charge in [-0.1, -0.05) is 6.07 Å². The largest absolute Gasteiger partial charge is 0.314 e. The number of hydrogen-bond acceptors (Lipinski definition) is 6. The molecular weight excluding hydrogens is 334 g/mol. The van der Waals surface area contributed by atoms with Gasteiger partial charge in [0, 0.05) is 63.0 Å². The van der Waals surface area contributed by atoms with Gasteiger partial charge in [-0.2, -0.15) is 0 Å². The Morgan fingerprint density at radius 2 is 2.36 bits per heavy atom. The monoisotopic (exact) mass is 357 g/mol. The van der Waals surface area contributed by atoms with Crippen molar-refractivity contribution in [1.82, 2.24) is 20.2 Å². The predicted molar refractivity (Wildman–Crippen MR) is 98.6 cm³/mol. The molecule has 1 aliphatic carbocycles. The number of carbonyl (C=O) groups is 1. The quantitative estimate of drug-likeness (QED) is 0.889. The molecule has 6 nitrogen and oxygen atoms in total. The van der Waals surface area contributed by atoms with Crippen LogP contribution < -0.4 is 10.2 Å². The van der Waals surface area contributed by atoms with Gasteiger partial charge in [0.1, 0.15) is 0 Å². The second kappa shape index (κ2) is 7.19. The van der Waals surface area contributed by atoms with E-state index in [2.05, 4.69) is 26.6 Å². The first kappa shape index (κ1) is 16.6. The van der Waals surface area contributed by atoms with Crippen molar-refractivity contribution in [3.8, 4) is 0 Å². The molecule has 4 rings (SSSR count). The molecular formula is C18H23N5OS. The van der Waals surface area contributed by atoms with Gasteiger partial charge in [-0.25, -0.2) is 4.98 Å². The van der Waals surface area contributed by atoms with Gasteiger partial charge in [-0.15, -0.1) is 11.3 Å². The van der Waals surface area contributed by atoms with Crippen molar-refractivity contribution in [2.75, 3.05) is 24.5 Å². The van der Waals surface area contributed by atoms with Crippen molar-refractivity contribution in [3.63, 3.8) is 0 Å². The predicted octanol–water partition coefficient (Wildman–Crippen LogP) is 2.20. The van der Waals surface area contributed by atoms with Gasteiger partial charge in [-0.3, -0.25) is 19.6 Å². The summed E-state index contributed by atoms with van der Waals surface area (Å²) in [5.41, 5.74) is 2.27. The van der Waals surface area contributed by atoms with Crippen LogP contribution in [0.15, 0.2) is 29.9 Å². The second-order valence-corrected chi connectivity index (χ2v) is 7.55. The van der Waals surface area contributed by atoms with Crippen molar-refractivity contribution < 1.29 is 4.79 Å². The van der Waals surface area contributed by atoms with Crippen LogP contribution in [0.5, 0.6) is 0 Å². The summed E-state index contributed by atoms with van der Waals surface area (Å²) in [5.74, 6) is 0.0961. The summed E-state index contributed by atoms with van der Waals surface area (Å²) >= 11 is 1.58. The van der Waals surface area contributed by atoms with Crippen molar-refractivity contribution in [2.45, 2.75) is 38.4 Å². The Kier molecular flexibility index (Phi) is 4.78. The molecule has 2 aromatic rings. The minimum absolute atomic E-state index is 0.0961. The summed E-state index contributed by atoms with van der Waals surface area (Å²) in [6.45, 7) is 5.31. The zero-order valence-electron chi connectivity index (χ0n) is 14.4. The van der Waals surface area contributed by atoms with E-state index in [-0.39, 0.29) is 5.91 Å². The van der Waals surface area contributed by atoms with Gasteiger partial charge in [0.15, 0.2) is 5.13 Å². The Labute approximate surface area is 151 Å². The first-order valence-corrected chi connectivity index (χ1v) is 9.69. The topological polar surface area (TPSA) is 61.4 Å². The normalized spacial score (nSPS) is 21.2. The second-order valence-electron chi connectivity index (χ2n) is 6.72. The number of nitrogens with zero attached hydrogens (tertiary/aromatic N) is 4. The van der Waals surface area contributed by atoms with E-state index in [1.807, 2.05) is 23.4 Å². The third kappa shape index (κ3) is 3.73.